The van der Waals surface area contributed by atoms with Gasteiger partial charge in [0, 0.05) is 37.9 Å². The van der Waals surface area contributed by atoms with Gasteiger partial charge in [0.1, 0.15) is 29.7 Å². The van der Waals surface area contributed by atoms with Gasteiger partial charge in [0.25, 0.3) is 0 Å². The van der Waals surface area contributed by atoms with Gasteiger partial charge in [-0.05, 0) is 32.0 Å². The van der Waals surface area contributed by atoms with E-state index in [1.807, 2.05) is 42.8 Å². The van der Waals surface area contributed by atoms with Crippen molar-refractivity contribution in [2.75, 3.05) is 36.0 Å². The number of nitrogens with zero attached hydrogens (tertiary/aromatic N) is 8. The topological polar surface area (TPSA) is 86.8 Å². The molecule has 0 N–H and O–H groups in total. The summed E-state index contributed by atoms with van der Waals surface area (Å²) in [6, 6.07) is 11.6. The molecule has 0 aromatic carbocycles. The summed E-state index contributed by atoms with van der Waals surface area (Å²) in [5.41, 5.74) is 2.46. The summed E-state index contributed by atoms with van der Waals surface area (Å²) in [7, 11) is 0. The quantitative estimate of drug-likeness (QED) is 0.705. The molecule has 1 saturated heterocycles. The zero-order chi connectivity index (χ0) is 18.8. The molecule has 8 nitrogen and oxygen atoms in total. The summed E-state index contributed by atoms with van der Waals surface area (Å²) >= 11 is 0. The monoisotopic (exact) mass is 360 g/mol. The molecule has 0 spiro atoms. The molecular formula is C19H20N8. The Morgan fingerprint density at radius 1 is 0.926 bits per heavy atom. The van der Waals surface area contributed by atoms with E-state index in [-0.39, 0.29) is 0 Å². The third-order valence-electron chi connectivity index (χ3n) is 4.64. The summed E-state index contributed by atoms with van der Waals surface area (Å²) in [6.45, 7) is 7.28. The summed E-state index contributed by atoms with van der Waals surface area (Å²) in [4.78, 5) is 17.6. The molecule has 4 rings (SSSR count). The maximum absolute atomic E-state index is 9.03. The SMILES string of the molecule is Cc1cc(C)n(-c2cc(N3CCN(c4cccc(C#N)n4)CC3)ncn2)n1. The standard InChI is InChI=1S/C19H20N8/c1-14-10-15(2)27(24-14)19-11-18(21-13-22-19)26-8-6-25(7-9-26)17-5-3-4-16(12-20)23-17/h3-5,10-11,13H,6-9H2,1-2H3. The van der Waals surface area contributed by atoms with Gasteiger partial charge in [-0.1, -0.05) is 6.07 Å². The van der Waals surface area contributed by atoms with Crippen LogP contribution in [0, 0.1) is 25.2 Å². The van der Waals surface area contributed by atoms with Crippen molar-refractivity contribution in [1.82, 2.24) is 24.7 Å². The maximum Gasteiger partial charge on any atom is 0.159 e. The van der Waals surface area contributed by atoms with E-state index in [4.69, 9.17) is 5.26 Å². The van der Waals surface area contributed by atoms with Gasteiger partial charge in [-0.25, -0.2) is 19.6 Å². The van der Waals surface area contributed by atoms with Crippen molar-refractivity contribution in [3.05, 3.63) is 53.7 Å². The largest absolute Gasteiger partial charge is 0.353 e. The second kappa shape index (κ2) is 7.03. The normalized spacial score (nSPS) is 14.3. The van der Waals surface area contributed by atoms with Gasteiger partial charge in [0.2, 0.25) is 0 Å². The van der Waals surface area contributed by atoms with Gasteiger partial charge in [-0.2, -0.15) is 10.4 Å². The zero-order valence-corrected chi connectivity index (χ0v) is 15.4. The van der Waals surface area contributed by atoms with Crippen molar-refractivity contribution in [3.8, 4) is 11.9 Å². The number of aromatic nitrogens is 5. The smallest absolute Gasteiger partial charge is 0.159 e. The van der Waals surface area contributed by atoms with Gasteiger partial charge >= 0.3 is 0 Å². The Labute approximate surface area is 157 Å². The molecule has 3 aromatic rings. The Hall–Kier alpha value is -3.47. The third kappa shape index (κ3) is 3.44. The van der Waals surface area contributed by atoms with E-state index >= 15 is 0 Å². The van der Waals surface area contributed by atoms with Crippen molar-refractivity contribution < 1.29 is 0 Å². The van der Waals surface area contributed by atoms with Crippen LogP contribution in [0.3, 0.4) is 0 Å². The number of piperazine rings is 1. The van der Waals surface area contributed by atoms with Crippen LogP contribution in [0.4, 0.5) is 11.6 Å². The maximum atomic E-state index is 9.03. The highest BCUT2D eigenvalue weighted by atomic mass is 15.3. The number of anilines is 2. The fourth-order valence-electron chi connectivity index (χ4n) is 3.31. The molecule has 1 fully saturated rings. The van der Waals surface area contributed by atoms with E-state index < -0.39 is 0 Å². The van der Waals surface area contributed by atoms with Crippen molar-refractivity contribution in [1.29, 1.82) is 5.26 Å². The van der Waals surface area contributed by atoms with Crippen LogP contribution in [0.25, 0.3) is 5.82 Å². The van der Waals surface area contributed by atoms with Crippen LogP contribution < -0.4 is 9.80 Å². The minimum absolute atomic E-state index is 0.445. The molecule has 8 heteroatoms. The predicted octanol–water partition coefficient (Wildman–Crippen LogP) is 1.87. The van der Waals surface area contributed by atoms with Crippen LogP contribution in [-0.4, -0.2) is 50.9 Å². The second-order valence-electron chi connectivity index (χ2n) is 6.54. The highest BCUT2D eigenvalue weighted by molar-refractivity contribution is 5.48. The number of aryl methyl sites for hydroxylation is 2. The molecule has 0 saturated carbocycles. The molecular weight excluding hydrogens is 340 g/mol. The Bertz CT molecular complexity index is 995. The molecule has 136 valence electrons. The van der Waals surface area contributed by atoms with Crippen LogP contribution in [0.5, 0.6) is 0 Å². The van der Waals surface area contributed by atoms with E-state index in [9.17, 15) is 0 Å². The van der Waals surface area contributed by atoms with E-state index in [1.54, 1.807) is 12.4 Å². The van der Waals surface area contributed by atoms with Crippen LogP contribution >= 0.6 is 0 Å². The number of hydrogen-bond donors (Lipinski definition) is 0. The first-order chi connectivity index (χ1) is 13.1. The Kier molecular flexibility index (Phi) is 4.42. The first-order valence-electron chi connectivity index (χ1n) is 8.87. The van der Waals surface area contributed by atoms with Crippen LogP contribution in [0.2, 0.25) is 0 Å². The van der Waals surface area contributed by atoms with Gasteiger partial charge < -0.3 is 9.80 Å². The van der Waals surface area contributed by atoms with Crippen molar-refractivity contribution >= 4 is 11.6 Å². The van der Waals surface area contributed by atoms with E-state index in [2.05, 4.69) is 35.9 Å². The van der Waals surface area contributed by atoms with Gasteiger partial charge in [0.15, 0.2) is 5.82 Å². The molecule has 0 amide bonds. The average Bonchev–Trinajstić information content (AvgIpc) is 3.06. The van der Waals surface area contributed by atoms with Crippen LogP contribution in [0.15, 0.2) is 36.7 Å². The number of rotatable bonds is 3. The summed E-state index contributed by atoms with van der Waals surface area (Å²) < 4.78 is 1.84. The number of hydrogen-bond acceptors (Lipinski definition) is 7. The molecule has 27 heavy (non-hydrogen) atoms. The summed E-state index contributed by atoms with van der Waals surface area (Å²) in [5.74, 6) is 2.52. The lowest BCUT2D eigenvalue weighted by Gasteiger charge is -2.36. The molecule has 1 aliphatic heterocycles. The average molecular weight is 360 g/mol. The molecule has 0 radical (unpaired) electrons. The lowest BCUT2D eigenvalue weighted by Crippen LogP contribution is -2.47. The molecule has 0 bridgehead atoms. The Morgan fingerprint density at radius 3 is 2.30 bits per heavy atom. The van der Waals surface area contributed by atoms with Gasteiger partial charge in [-0.15, -0.1) is 0 Å². The molecule has 3 aromatic heterocycles. The zero-order valence-electron chi connectivity index (χ0n) is 15.4. The van der Waals surface area contributed by atoms with E-state index in [0.717, 1.165) is 55.0 Å². The second-order valence-corrected chi connectivity index (χ2v) is 6.54. The van der Waals surface area contributed by atoms with Crippen LogP contribution in [-0.2, 0) is 0 Å². The highest BCUT2D eigenvalue weighted by Crippen LogP contribution is 2.19. The number of pyridine rings is 1. The van der Waals surface area contributed by atoms with Gasteiger partial charge in [-0.3, -0.25) is 0 Å². The minimum atomic E-state index is 0.445. The fourth-order valence-corrected chi connectivity index (χ4v) is 3.31. The summed E-state index contributed by atoms with van der Waals surface area (Å²) in [6.07, 6.45) is 1.59. The van der Waals surface area contributed by atoms with E-state index in [1.165, 1.54) is 0 Å². The fraction of sp³-hybridized carbons (Fsp3) is 0.316. The predicted molar refractivity (Wildman–Crippen MR) is 102 cm³/mol. The van der Waals surface area contributed by atoms with Crippen LogP contribution in [0.1, 0.15) is 17.1 Å². The molecule has 1 aliphatic rings. The molecule has 0 aliphatic carbocycles. The first-order valence-corrected chi connectivity index (χ1v) is 8.87. The van der Waals surface area contributed by atoms with Crippen molar-refractivity contribution in [3.63, 3.8) is 0 Å². The van der Waals surface area contributed by atoms with E-state index in [0.29, 0.717) is 5.69 Å². The molecule has 0 unspecified atom stereocenters. The highest BCUT2D eigenvalue weighted by Gasteiger charge is 2.20. The Morgan fingerprint density at radius 2 is 1.63 bits per heavy atom. The summed E-state index contributed by atoms with van der Waals surface area (Å²) in [5, 5.41) is 13.5. The lowest BCUT2D eigenvalue weighted by atomic mass is 10.3. The van der Waals surface area contributed by atoms with Crippen molar-refractivity contribution in [2.24, 2.45) is 0 Å². The molecule has 0 atom stereocenters. The van der Waals surface area contributed by atoms with Gasteiger partial charge in [0.05, 0.1) is 5.69 Å². The minimum Gasteiger partial charge on any atom is -0.353 e. The first kappa shape index (κ1) is 17.0. The van der Waals surface area contributed by atoms with Crippen molar-refractivity contribution in [2.45, 2.75) is 13.8 Å². The third-order valence-corrected chi connectivity index (χ3v) is 4.64. The Balaban J connectivity index is 1.49. The number of nitriles is 1. The lowest BCUT2D eigenvalue weighted by molar-refractivity contribution is 0.639. The molecule has 4 heterocycles.